The SMILES string of the molecule is CC(C)C(NC(=O)C(CC(=O)O)NC(=O)CNC(=O)C(CCC(=O)O)NC(=O)C(Cc1ccc(O)cc1)NC(=O)C(N)Cc1ccccc1)C(=O)N1CCCC1C(=O)NC(Cc1ccc(O)cc1)C(=O)O. The van der Waals surface area contributed by atoms with Crippen LogP contribution in [0.3, 0.4) is 0 Å². The van der Waals surface area contributed by atoms with E-state index in [9.17, 15) is 73.5 Å². The molecule has 71 heavy (non-hydrogen) atoms. The normalized spacial score (nSPS) is 15.7. The van der Waals surface area contributed by atoms with Crippen LogP contribution in [0.2, 0.25) is 0 Å². The molecule has 0 bridgehead atoms. The number of aliphatic carboxylic acids is 3. The molecule has 1 fully saturated rings. The van der Waals surface area contributed by atoms with Crippen LogP contribution in [-0.4, -0.2) is 145 Å². The van der Waals surface area contributed by atoms with Gasteiger partial charge < -0.3 is 68.1 Å². The average Bonchev–Trinajstić information content (AvgIpc) is 3.82. The van der Waals surface area contributed by atoms with E-state index >= 15 is 0 Å². The summed E-state index contributed by atoms with van der Waals surface area (Å²) >= 11 is 0. The van der Waals surface area contributed by atoms with Crippen molar-refractivity contribution in [2.24, 2.45) is 11.7 Å². The number of nitrogens with one attached hydrogen (secondary N) is 6. The Balaban J connectivity index is 1.42. The highest BCUT2D eigenvalue weighted by Gasteiger charge is 2.41. The zero-order chi connectivity index (χ0) is 52.4. The van der Waals surface area contributed by atoms with Gasteiger partial charge in [0.1, 0.15) is 47.8 Å². The van der Waals surface area contributed by atoms with Crippen LogP contribution >= 0.6 is 0 Å². The highest BCUT2D eigenvalue weighted by molar-refractivity contribution is 5.98. The van der Waals surface area contributed by atoms with Gasteiger partial charge in [-0.3, -0.25) is 43.2 Å². The molecule has 23 nitrogen and oxygen atoms in total. The molecule has 0 aliphatic carbocycles. The quantitative estimate of drug-likeness (QED) is 0.0462. The molecule has 0 spiro atoms. The van der Waals surface area contributed by atoms with Crippen LogP contribution in [0, 0.1) is 5.92 Å². The standard InChI is InChI=1S/C48H60N8O15/c1-26(2)41(47(69)56-20-6-9-37(56)46(68)54-36(48(70)71)23-29-12-16-31(58)17-13-29)55-45(67)35(24-40(62)63)51-38(59)25-50-43(65)33(18-19-39(60)61)52-44(66)34(22-28-10-14-30(57)15-11-28)53-42(64)32(49)21-27-7-4-3-5-8-27/h3-5,7-8,10-17,26,32-37,41,57-58H,6,9,18-25,49H2,1-2H3,(H,50,65)(H,51,59)(H,52,66)(H,53,64)(H,54,68)(H,55,67)(H,60,61)(H,62,63)(H,70,71). The van der Waals surface area contributed by atoms with Gasteiger partial charge in [0.05, 0.1) is 19.0 Å². The number of carbonyl (C=O) groups is 10. The zero-order valence-corrected chi connectivity index (χ0v) is 39.0. The first kappa shape index (κ1) is 55.5. The van der Waals surface area contributed by atoms with Crippen LogP contribution in [-0.2, 0) is 67.2 Å². The summed E-state index contributed by atoms with van der Waals surface area (Å²) in [4.78, 5) is 132. The Bertz CT molecular complexity index is 2380. The fraction of sp³-hybridized carbons (Fsp3) is 0.417. The Morgan fingerprint density at radius 1 is 0.620 bits per heavy atom. The van der Waals surface area contributed by atoms with Gasteiger partial charge in [0.25, 0.3) is 0 Å². The van der Waals surface area contributed by atoms with E-state index in [4.69, 9.17) is 5.73 Å². The predicted octanol–water partition coefficient (Wildman–Crippen LogP) is -0.936. The first-order valence-corrected chi connectivity index (χ1v) is 22.7. The first-order chi connectivity index (χ1) is 33.6. The number of rotatable bonds is 26. The third-order valence-corrected chi connectivity index (χ3v) is 11.4. The lowest BCUT2D eigenvalue weighted by Gasteiger charge is -2.32. The van der Waals surface area contributed by atoms with E-state index in [2.05, 4.69) is 31.9 Å². The summed E-state index contributed by atoms with van der Waals surface area (Å²) in [6.45, 7) is 2.28. The van der Waals surface area contributed by atoms with Crippen molar-refractivity contribution in [3.8, 4) is 11.5 Å². The molecule has 4 rings (SSSR count). The van der Waals surface area contributed by atoms with Crippen molar-refractivity contribution >= 4 is 59.3 Å². The summed E-state index contributed by atoms with van der Waals surface area (Å²) in [6, 6.07) is 10.4. The van der Waals surface area contributed by atoms with Crippen molar-refractivity contribution in [1.29, 1.82) is 0 Å². The number of nitrogens with two attached hydrogens (primary N) is 1. The molecule has 3 aromatic rings. The lowest BCUT2D eigenvalue weighted by atomic mass is 10.0. The van der Waals surface area contributed by atoms with Gasteiger partial charge in [-0.2, -0.15) is 0 Å². The third-order valence-electron chi connectivity index (χ3n) is 11.4. The number of carboxylic acids is 3. The number of benzene rings is 3. The molecule has 0 aromatic heterocycles. The van der Waals surface area contributed by atoms with Crippen LogP contribution in [0.5, 0.6) is 11.5 Å². The molecule has 3 aromatic carbocycles. The van der Waals surface area contributed by atoms with Gasteiger partial charge in [-0.15, -0.1) is 0 Å². The Morgan fingerprint density at radius 3 is 1.72 bits per heavy atom. The molecule has 7 unspecified atom stereocenters. The number of likely N-dealkylation sites (tertiary alicyclic amines) is 1. The van der Waals surface area contributed by atoms with Crippen molar-refractivity contribution in [2.75, 3.05) is 13.1 Å². The van der Waals surface area contributed by atoms with Crippen molar-refractivity contribution in [2.45, 2.75) is 108 Å². The van der Waals surface area contributed by atoms with Crippen LogP contribution in [0.1, 0.15) is 62.6 Å². The monoisotopic (exact) mass is 988 g/mol. The molecule has 0 saturated carbocycles. The van der Waals surface area contributed by atoms with Crippen molar-refractivity contribution in [3.63, 3.8) is 0 Å². The number of amides is 7. The fourth-order valence-corrected chi connectivity index (χ4v) is 7.63. The summed E-state index contributed by atoms with van der Waals surface area (Å²) in [5.74, 6) is -11.4. The minimum atomic E-state index is -1.82. The van der Waals surface area contributed by atoms with Crippen LogP contribution in [0.25, 0.3) is 0 Å². The van der Waals surface area contributed by atoms with Gasteiger partial charge in [-0.1, -0.05) is 68.4 Å². The van der Waals surface area contributed by atoms with E-state index in [1.54, 1.807) is 44.2 Å². The lowest BCUT2D eigenvalue weighted by Crippen LogP contribution is -2.59. The predicted molar refractivity (Wildman–Crippen MR) is 251 cm³/mol. The average molecular weight is 989 g/mol. The maximum absolute atomic E-state index is 14.0. The number of aromatic hydroxyl groups is 2. The Labute approximate surface area is 407 Å². The van der Waals surface area contributed by atoms with E-state index in [1.165, 1.54) is 53.4 Å². The summed E-state index contributed by atoms with van der Waals surface area (Å²) in [7, 11) is 0. The number of hydrogen-bond donors (Lipinski definition) is 12. The number of phenols is 2. The number of hydrogen-bond acceptors (Lipinski definition) is 13. The first-order valence-electron chi connectivity index (χ1n) is 22.7. The number of nitrogens with zero attached hydrogens (tertiary/aromatic N) is 1. The lowest BCUT2D eigenvalue weighted by molar-refractivity contribution is -0.145. The van der Waals surface area contributed by atoms with Crippen molar-refractivity contribution in [3.05, 3.63) is 95.6 Å². The molecule has 7 atom stereocenters. The van der Waals surface area contributed by atoms with Gasteiger partial charge in [0, 0.05) is 25.8 Å². The summed E-state index contributed by atoms with van der Waals surface area (Å²) in [6.07, 6.45) is -1.79. The van der Waals surface area contributed by atoms with Gasteiger partial charge in [-0.25, -0.2) is 4.79 Å². The Morgan fingerprint density at radius 2 is 1.17 bits per heavy atom. The van der Waals surface area contributed by atoms with E-state index < -0.39 is 133 Å². The summed E-state index contributed by atoms with van der Waals surface area (Å²) in [5.41, 5.74) is 7.89. The minimum Gasteiger partial charge on any atom is -0.508 e. The topological polar surface area (TPSA) is 373 Å². The van der Waals surface area contributed by atoms with Gasteiger partial charge in [0.15, 0.2) is 0 Å². The third kappa shape index (κ3) is 17.7. The van der Waals surface area contributed by atoms with Crippen molar-refractivity contribution < 1.29 is 73.5 Å². The molecule has 7 amide bonds. The number of carbonyl (C=O) groups excluding carboxylic acids is 7. The van der Waals surface area contributed by atoms with E-state index in [0.29, 0.717) is 17.5 Å². The molecule has 23 heteroatoms. The van der Waals surface area contributed by atoms with Gasteiger partial charge >= 0.3 is 17.9 Å². The Kier molecular flexibility index (Phi) is 20.8. The van der Waals surface area contributed by atoms with Gasteiger partial charge in [0.2, 0.25) is 41.4 Å². The summed E-state index contributed by atoms with van der Waals surface area (Å²) < 4.78 is 0. The molecule has 382 valence electrons. The second kappa shape index (κ2) is 26.6. The number of carboxylic acid groups (broad SMARTS) is 3. The molecular weight excluding hydrogens is 929 g/mol. The van der Waals surface area contributed by atoms with E-state index in [1.807, 2.05) is 0 Å². The highest BCUT2D eigenvalue weighted by atomic mass is 16.4. The van der Waals surface area contributed by atoms with E-state index in [0.717, 1.165) is 5.56 Å². The number of phenolic OH excluding ortho intramolecular Hbond substituents is 2. The molecule has 1 aliphatic heterocycles. The molecule has 0 radical (unpaired) electrons. The molecule has 1 aliphatic rings. The van der Waals surface area contributed by atoms with Crippen LogP contribution in [0.15, 0.2) is 78.9 Å². The minimum absolute atomic E-state index is 0.0397. The smallest absolute Gasteiger partial charge is 0.326 e. The van der Waals surface area contributed by atoms with Crippen LogP contribution < -0.4 is 37.6 Å². The molecular formula is C48H60N8O15. The second-order valence-electron chi connectivity index (χ2n) is 17.3. The zero-order valence-electron chi connectivity index (χ0n) is 39.0. The molecule has 13 N–H and O–H groups in total. The second-order valence-corrected chi connectivity index (χ2v) is 17.3. The largest absolute Gasteiger partial charge is 0.508 e. The maximum Gasteiger partial charge on any atom is 0.326 e. The molecule has 1 heterocycles. The highest BCUT2D eigenvalue weighted by Crippen LogP contribution is 2.22. The fourth-order valence-electron chi connectivity index (χ4n) is 7.63. The molecule has 1 saturated heterocycles. The Hall–Kier alpha value is -8.08. The van der Waals surface area contributed by atoms with Crippen LogP contribution in [0.4, 0.5) is 0 Å². The maximum atomic E-state index is 14.0. The summed E-state index contributed by atoms with van der Waals surface area (Å²) in [5, 5.41) is 62.6. The van der Waals surface area contributed by atoms with Crippen molar-refractivity contribution in [1.82, 2.24) is 36.8 Å². The van der Waals surface area contributed by atoms with E-state index in [-0.39, 0.29) is 43.7 Å². The van der Waals surface area contributed by atoms with Gasteiger partial charge in [-0.05, 0) is 72.6 Å².